The van der Waals surface area contributed by atoms with Gasteiger partial charge in [0.1, 0.15) is 5.75 Å². The molecule has 0 bridgehead atoms. The number of rotatable bonds is 6. The van der Waals surface area contributed by atoms with E-state index in [1.165, 1.54) is 0 Å². The van der Waals surface area contributed by atoms with E-state index in [0.29, 0.717) is 17.5 Å². The van der Waals surface area contributed by atoms with E-state index in [4.69, 9.17) is 4.74 Å². The average molecular weight is 271 g/mol. The van der Waals surface area contributed by atoms with Gasteiger partial charge < -0.3 is 10.1 Å². The molecule has 20 heavy (non-hydrogen) atoms. The van der Waals surface area contributed by atoms with Gasteiger partial charge in [0.2, 0.25) is 5.88 Å². The number of aromatic nitrogens is 2. The summed E-state index contributed by atoms with van der Waals surface area (Å²) >= 11 is 0. The van der Waals surface area contributed by atoms with E-state index < -0.39 is 0 Å². The van der Waals surface area contributed by atoms with Gasteiger partial charge in [0.15, 0.2) is 0 Å². The van der Waals surface area contributed by atoms with Crippen molar-refractivity contribution < 1.29 is 4.74 Å². The molecule has 0 unspecified atom stereocenters. The van der Waals surface area contributed by atoms with Crippen molar-refractivity contribution in [2.75, 3.05) is 6.54 Å². The first-order chi connectivity index (χ1) is 9.65. The molecule has 0 aliphatic carbocycles. The van der Waals surface area contributed by atoms with Crippen LogP contribution in [0, 0.1) is 12.8 Å². The molecule has 4 nitrogen and oxygen atoms in total. The van der Waals surface area contributed by atoms with Gasteiger partial charge in [0.05, 0.1) is 6.20 Å². The van der Waals surface area contributed by atoms with E-state index in [0.717, 1.165) is 24.3 Å². The van der Waals surface area contributed by atoms with Gasteiger partial charge >= 0.3 is 0 Å². The van der Waals surface area contributed by atoms with Crippen molar-refractivity contribution in [3.8, 4) is 11.6 Å². The first-order valence-corrected chi connectivity index (χ1v) is 6.90. The lowest BCUT2D eigenvalue weighted by Crippen LogP contribution is -2.19. The average Bonchev–Trinajstić information content (AvgIpc) is 2.43. The number of pyridine rings is 2. The summed E-state index contributed by atoms with van der Waals surface area (Å²) < 4.78 is 5.81. The SMILES string of the molecule is Cc1ccc(Oc2ncccc2CNCC(C)C)cn1. The Morgan fingerprint density at radius 2 is 2.05 bits per heavy atom. The van der Waals surface area contributed by atoms with E-state index in [1.807, 2.05) is 31.2 Å². The van der Waals surface area contributed by atoms with Crippen LogP contribution in [0.2, 0.25) is 0 Å². The van der Waals surface area contributed by atoms with Crippen LogP contribution in [0.5, 0.6) is 11.6 Å². The van der Waals surface area contributed by atoms with Gasteiger partial charge in [-0.15, -0.1) is 0 Å². The van der Waals surface area contributed by atoms with Crippen molar-refractivity contribution in [1.29, 1.82) is 0 Å². The van der Waals surface area contributed by atoms with E-state index in [-0.39, 0.29) is 0 Å². The van der Waals surface area contributed by atoms with Crippen LogP contribution in [-0.2, 0) is 6.54 Å². The van der Waals surface area contributed by atoms with Crippen molar-refractivity contribution in [1.82, 2.24) is 15.3 Å². The lowest BCUT2D eigenvalue weighted by molar-refractivity contribution is 0.448. The monoisotopic (exact) mass is 271 g/mol. The predicted octanol–water partition coefficient (Wildman–Crippen LogP) is 3.32. The molecule has 0 aliphatic rings. The second-order valence-electron chi connectivity index (χ2n) is 5.23. The summed E-state index contributed by atoms with van der Waals surface area (Å²) in [6.07, 6.45) is 3.46. The van der Waals surface area contributed by atoms with Gasteiger partial charge in [0, 0.05) is 24.0 Å². The summed E-state index contributed by atoms with van der Waals surface area (Å²) in [5.74, 6) is 1.96. The summed E-state index contributed by atoms with van der Waals surface area (Å²) in [5, 5.41) is 3.40. The summed E-state index contributed by atoms with van der Waals surface area (Å²) in [6.45, 7) is 8.05. The maximum absolute atomic E-state index is 5.81. The Morgan fingerprint density at radius 1 is 1.20 bits per heavy atom. The molecule has 4 heteroatoms. The molecule has 0 atom stereocenters. The Balaban J connectivity index is 2.05. The van der Waals surface area contributed by atoms with Crippen molar-refractivity contribution in [3.05, 3.63) is 47.9 Å². The molecule has 2 rings (SSSR count). The standard InChI is InChI=1S/C16H21N3O/c1-12(2)9-17-10-14-5-4-8-18-16(14)20-15-7-6-13(3)19-11-15/h4-8,11-12,17H,9-10H2,1-3H3. The minimum atomic E-state index is 0.623. The second kappa shape index (κ2) is 7.01. The fourth-order valence-electron chi connectivity index (χ4n) is 1.77. The molecule has 0 aliphatic heterocycles. The highest BCUT2D eigenvalue weighted by Crippen LogP contribution is 2.22. The molecule has 2 aromatic heterocycles. The number of hydrogen-bond donors (Lipinski definition) is 1. The number of nitrogens with zero attached hydrogens (tertiary/aromatic N) is 2. The molecule has 0 saturated heterocycles. The Bertz CT molecular complexity index is 538. The zero-order chi connectivity index (χ0) is 14.4. The predicted molar refractivity (Wildman–Crippen MR) is 79.8 cm³/mol. The Hall–Kier alpha value is -1.94. The molecule has 1 N–H and O–H groups in total. The van der Waals surface area contributed by atoms with Gasteiger partial charge in [-0.1, -0.05) is 19.9 Å². The molecule has 0 saturated carbocycles. The number of aryl methyl sites for hydroxylation is 1. The molecule has 0 spiro atoms. The minimum absolute atomic E-state index is 0.623. The topological polar surface area (TPSA) is 47.0 Å². The van der Waals surface area contributed by atoms with Gasteiger partial charge in [-0.25, -0.2) is 4.98 Å². The van der Waals surface area contributed by atoms with Crippen molar-refractivity contribution >= 4 is 0 Å². The fraction of sp³-hybridized carbons (Fsp3) is 0.375. The third kappa shape index (κ3) is 4.31. The van der Waals surface area contributed by atoms with Gasteiger partial charge in [0.25, 0.3) is 0 Å². The first-order valence-electron chi connectivity index (χ1n) is 6.90. The maximum Gasteiger partial charge on any atom is 0.223 e. The lowest BCUT2D eigenvalue weighted by Gasteiger charge is -2.11. The highest BCUT2D eigenvalue weighted by molar-refractivity contribution is 5.31. The summed E-state index contributed by atoms with van der Waals surface area (Å²) in [7, 11) is 0. The van der Waals surface area contributed by atoms with E-state index in [1.54, 1.807) is 12.4 Å². The van der Waals surface area contributed by atoms with Crippen LogP contribution in [0.4, 0.5) is 0 Å². The number of ether oxygens (including phenoxy) is 1. The normalized spacial score (nSPS) is 10.8. The van der Waals surface area contributed by atoms with Crippen LogP contribution in [-0.4, -0.2) is 16.5 Å². The van der Waals surface area contributed by atoms with E-state index in [9.17, 15) is 0 Å². The zero-order valence-electron chi connectivity index (χ0n) is 12.3. The molecular formula is C16H21N3O. The van der Waals surface area contributed by atoms with Crippen molar-refractivity contribution in [2.45, 2.75) is 27.3 Å². The summed E-state index contributed by atoms with van der Waals surface area (Å²) in [6, 6.07) is 7.78. The van der Waals surface area contributed by atoms with Crippen LogP contribution in [0.25, 0.3) is 0 Å². The Kier molecular flexibility index (Phi) is 5.07. The molecule has 0 amide bonds. The molecule has 2 aromatic rings. The molecule has 106 valence electrons. The fourth-order valence-corrected chi connectivity index (χ4v) is 1.77. The quantitative estimate of drug-likeness (QED) is 0.875. The third-order valence-electron chi connectivity index (χ3n) is 2.82. The van der Waals surface area contributed by atoms with Crippen LogP contribution in [0.15, 0.2) is 36.7 Å². The van der Waals surface area contributed by atoms with Crippen molar-refractivity contribution in [2.24, 2.45) is 5.92 Å². The zero-order valence-corrected chi connectivity index (χ0v) is 12.3. The molecular weight excluding hydrogens is 250 g/mol. The summed E-state index contributed by atoms with van der Waals surface area (Å²) in [5.41, 5.74) is 2.02. The highest BCUT2D eigenvalue weighted by atomic mass is 16.5. The second-order valence-corrected chi connectivity index (χ2v) is 5.23. The van der Waals surface area contributed by atoms with Gasteiger partial charge in [-0.3, -0.25) is 4.98 Å². The number of nitrogens with one attached hydrogen (secondary N) is 1. The molecule has 0 aromatic carbocycles. The van der Waals surface area contributed by atoms with E-state index in [2.05, 4.69) is 29.1 Å². The maximum atomic E-state index is 5.81. The third-order valence-corrected chi connectivity index (χ3v) is 2.82. The van der Waals surface area contributed by atoms with Crippen LogP contribution < -0.4 is 10.1 Å². The summed E-state index contributed by atoms with van der Waals surface area (Å²) in [4.78, 5) is 8.53. The number of hydrogen-bond acceptors (Lipinski definition) is 4. The molecule has 0 fully saturated rings. The lowest BCUT2D eigenvalue weighted by atomic mass is 10.2. The van der Waals surface area contributed by atoms with E-state index >= 15 is 0 Å². The largest absolute Gasteiger partial charge is 0.437 e. The smallest absolute Gasteiger partial charge is 0.223 e. The first kappa shape index (κ1) is 14.5. The Morgan fingerprint density at radius 3 is 2.75 bits per heavy atom. The highest BCUT2D eigenvalue weighted by Gasteiger charge is 2.06. The molecule has 2 heterocycles. The minimum Gasteiger partial charge on any atom is -0.437 e. The Labute approximate surface area is 120 Å². The van der Waals surface area contributed by atoms with Gasteiger partial charge in [-0.05, 0) is 37.6 Å². The van der Waals surface area contributed by atoms with Crippen LogP contribution >= 0.6 is 0 Å². The van der Waals surface area contributed by atoms with Crippen molar-refractivity contribution in [3.63, 3.8) is 0 Å². The van der Waals surface area contributed by atoms with Gasteiger partial charge in [-0.2, -0.15) is 0 Å². The van der Waals surface area contributed by atoms with Crippen LogP contribution in [0.1, 0.15) is 25.1 Å². The molecule has 0 radical (unpaired) electrons. The van der Waals surface area contributed by atoms with Crippen LogP contribution in [0.3, 0.4) is 0 Å².